The fourth-order valence-corrected chi connectivity index (χ4v) is 2.85. The highest BCUT2D eigenvalue weighted by Crippen LogP contribution is 2.10. The molecule has 0 amide bonds. The van der Waals surface area contributed by atoms with Crippen molar-refractivity contribution in [2.75, 3.05) is 53.4 Å². The molecule has 112 valence electrons. The molecule has 0 saturated carbocycles. The molecule has 1 aliphatic rings. The summed E-state index contributed by atoms with van der Waals surface area (Å²) in [6, 6.07) is 8.90. The molecule has 0 bridgehead atoms. The molecule has 3 nitrogen and oxygen atoms in total. The normalized spacial score (nSPS) is 17.8. The molecule has 1 heterocycles. The van der Waals surface area contributed by atoms with E-state index in [9.17, 15) is 0 Å². The first-order valence-corrected chi connectivity index (χ1v) is 7.78. The predicted octanol–water partition coefficient (Wildman–Crippen LogP) is 2.06. The van der Waals surface area contributed by atoms with Crippen molar-refractivity contribution in [2.45, 2.75) is 19.9 Å². The second kappa shape index (κ2) is 7.77. The monoisotopic (exact) mass is 275 g/mol. The Morgan fingerprint density at radius 2 is 1.75 bits per heavy atom. The molecule has 0 N–H and O–H groups in total. The Morgan fingerprint density at radius 1 is 1.05 bits per heavy atom. The number of piperazine rings is 1. The zero-order chi connectivity index (χ0) is 14.4. The van der Waals surface area contributed by atoms with E-state index in [1.165, 1.54) is 56.8 Å². The van der Waals surface area contributed by atoms with Crippen LogP contribution in [0.1, 0.15) is 17.5 Å². The highest BCUT2D eigenvalue weighted by molar-refractivity contribution is 5.22. The molecule has 3 heteroatoms. The van der Waals surface area contributed by atoms with Crippen LogP contribution in [0, 0.1) is 6.92 Å². The van der Waals surface area contributed by atoms with Crippen LogP contribution in [0.2, 0.25) is 0 Å². The summed E-state index contributed by atoms with van der Waals surface area (Å²) < 4.78 is 0. The smallest absolute Gasteiger partial charge is 0.0234 e. The summed E-state index contributed by atoms with van der Waals surface area (Å²) in [5.74, 6) is 0. The van der Waals surface area contributed by atoms with Gasteiger partial charge in [-0.3, -0.25) is 4.90 Å². The van der Waals surface area contributed by atoms with Crippen LogP contribution >= 0.6 is 0 Å². The van der Waals surface area contributed by atoms with Crippen LogP contribution in [0.5, 0.6) is 0 Å². The molecular formula is C17H29N3. The van der Waals surface area contributed by atoms with Crippen molar-refractivity contribution >= 4 is 0 Å². The fraction of sp³-hybridized carbons (Fsp3) is 0.647. The molecular weight excluding hydrogens is 246 g/mol. The van der Waals surface area contributed by atoms with Crippen molar-refractivity contribution < 1.29 is 0 Å². The zero-order valence-corrected chi connectivity index (χ0v) is 13.3. The zero-order valence-electron chi connectivity index (χ0n) is 13.3. The lowest BCUT2D eigenvalue weighted by Gasteiger charge is -2.35. The van der Waals surface area contributed by atoms with Gasteiger partial charge in [-0.05, 0) is 46.1 Å². The fourth-order valence-electron chi connectivity index (χ4n) is 2.85. The van der Waals surface area contributed by atoms with Crippen molar-refractivity contribution in [1.29, 1.82) is 0 Å². The van der Waals surface area contributed by atoms with Crippen LogP contribution in [0.25, 0.3) is 0 Å². The van der Waals surface area contributed by atoms with Gasteiger partial charge < -0.3 is 9.80 Å². The van der Waals surface area contributed by atoms with Crippen molar-refractivity contribution in [3.63, 3.8) is 0 Å². The standard InChI is InChI=1S/C17H29N3/c1-16-6-4-7-17(14-16)15-20-12-10-19(11-13-20)9-5-8-18(2)3/h4,6-7,14H,5,8-13,15H2,1-3H3. The Morgan fingerprint density at radius 3 is 2.40 bits per heavy atom. The van der Waals surface area contributed by atoms with E-state index in [-0.39, 0.29) is 0 Å². The van der Waals surface area contributed by atoms with Crippen LogP contribution in [0.4, 0.5) is 0 Å². The maximum atomic E-state index is 2.61. The highest BCUT2D eigenvalue weighted by atomic mass is 15.3. The Balaban J connectivity index is 1.69. The lowest BCUT2D eigenvalue weighted by molar-refractivity contribution is 0.124. The van der Waals surface area contributed by atoms with Gasteiger partial charge >= 0.3 is 0 Å². The molecule has 0 aromatic heterocycles. The highest BCUT2D eigenvalue weighted by Gasteiger charge is 2.16. The molecule has 0 spiro atoms. The third-order valence-electron chi connectivity index (χ3n) is 4.03. The number of nitrogens with zero attached hydrogens (tertiary/aromatic N) is 3. The first-order valence-electron chi connectivity index (χ1n) is 7.78. The first kappa shape index (κ1) is 15.5. The minimum absolute atomic E-state index is 1.10. The Hall–Kier alpha value is -0.900. The van der Waals surface area contributed by atoms with Gasteiger partial charge in [0, 0.05) is 32.7 Å². The van der Waals surface area contributed by atoms with Gasteiger partial charge in [0.25, 0.3) is 0 Å². The third-order valence-corrected chi connectivity index (χ3v) is 4.03. The number of hydrogen-bond donors (Lipinski definition) is 0. The quantitative estimate of drug-likeness (QED) is 0.787. The maximum Gasteiger partial charge on any atom is 0.0234 e. The SMILES string of the molecule is Cc1cccc(CN2CCN(CCCN(C)C)CC2)c1. The van der Waals surface area contributed by atoms with E-state index in [4.69, 9.17) is 0 Å². The van der Waals surface area contributed by atoms with Gasteiger partial charge in [-0.15, -0.1) is 0 Å². The van der Waals surface area contributed by atoms with E-state index in [0.717, 1.165) is 6.54 Å². The minimum Gasteiger partial charge on any atom is -0.309 e. The maximum absolute atomic E-state index is 2.61. The summed E-state index contributed by atoms with van der Waals surface area (Å²) in [7, 11) is 4.31. The molecule has 0 aliphatic carbocycles. The van der Waals surface area contributed by atoms with E-state index in [1.807, 2.05) is 0 Å². The number of aryl methyl sites for hydroxylation is 1. The number of rotatable bonds is 6. The van der Waals surface area contributed by atoms with Gasteiger partial charge in [0.2, 0.25) is 0 Å². The minimum atomic E-state index is 1.10. The van der Waals surface area contributed by atoms with Gasteiger partial charge in [-0.1, -0.05) is 29.8 Å². The van der Waals surface area contributed by atoms with Gasteiger partial charge in [0.15, 0.2) is 0 Å². The van der Waals surface area contributed by atoms with E-state index >= 15 is 0 Å². The molecule has 0 radical (unpaired) electrons. The lowest BCUT2D eigenvalue weighted by atomic mass is 10.1. The Bertz CT molecular complexity index is 395. The van der Waals surface area contributed by atoms with E-state index in [1.54, 1.807) is 0 Å². The molecule has 1 aromatic carbocycles. The molecule has 1 saturated heterocycles. The molecule has 2 rings (SSSR count). The van der Waals surface area contributed by atoms with Crippen molar-refractivity contribution in [2.24, 2.45) is 0 Å². The van der Waals surface area contributed by atoms with Gasteiger partial charge in [0.1, 0.15) is 0 Å². The molecule has 1 aromatic rings. The second-order valence-electron chi connectivity index (χ2n) is 6.26. The van der Waals surface area contributed by atoms with Crippen LogP contribution in [0.3, 0.4) is 0 Å². The van der Waals surface area contributed by atoms with Gasteiger partial charge in [-0.2, -0.15) is 0 Å². The molecule has 1 fully saturated rings. The summed E-state index contributed by atoms with van der Waals surface area (Å²) >= 11 is 0. The summed E-state index contributed by atoms with van der Waals surface area (Å²) in [6.07, 6.45) is 1.28. The molecule has 0 atom stereocenters. The second-order valence-corrected chi connectivity index (χ2v) is 6.26. The molecule has 20 heavy (non-hydrogen) atoms. The largest absolute Gasteiger partial charge is 0.309 e. The van der Waals surface area contributed by atoms with Crippen molar-refractivity contribution in [3.05, 3.63) is 35.4 Å². The third kappa shape index (κ3) is 5.23. The predicted molar refractivity (Wildman–Crippen MR) is 86.1 cm³/mol. The van der Waals surface area contributed by atoms with E-state index < -0.39 is 0 Å². The lowest BCUT2D eigenvalue weighted by Crippen LogP contribution is -2.46. The van der Waals surface area contributed by atoms with Crippen LogP contribution in [0.15, 0.2) is 24.3 Å². The molecule has 0 unspecified atom stereocenters. The van der Waals surface area contributed by atoms with Gasteiger partial charge in [-0.25, -0.2) is 0 Å². The number of hydrogen-bond acceptors (Lipinski definition) is 3. The topological polar surface area (TPSA) is 9.72 Å². The van der Waals surface area contributed by atoms with Gasteiger partial charge in [0.05, 0.1) is 0 Å². The van der Waals surface area contributed by atoms with Crippen LogP contribution in [-0.2, 0) is 6.54 Å². The van der Waals surface area contributed by atoms with Crippen LogP contribution in [-0.4, -0.2) is 68.1 Å². The Labute approximate surface area is 124 Å². The first-order chi connectivity index (χ1) is 9.63. The van der Waals surface area contributed by atoms with E-state index in [0.29, 0.717) is 0 Å². The average molecular weight is 275 g/mol. The Kier molecular flexibility index (Phi) is 6.02. The summed E-state index contributed by atoms with van der Waals surface area (Å²) in [6.45, 7) is 10.6. The number of benzene rings is 1. The van der Waals surface area contributed by atoms with E-state index in [2.05, 4.69) is 60.0 Å². The summed E-state index contributed by atoms with van der Waals surface area (Å²) in [5.41, 5.74) is 2.82. The average Bonchev–Trinajstić information content (AvgIpc) is 2.40. The summed E-state index contributed by atoms with van der Waals surface area (Å²) in [4.78, 5) is 7.46. The summed E-state index contributed by atoms with van der Waals surface area (Å²) in [5, 5.41) is 0. The van der Waals surface area contributed by atoms with Crippen LogP contribution < -0.4 is 0 Å². The van der Waals surface area contributed by atoms with Crippen molar-refractivity contribution in [3.8, 4) is 0 Å². The molecule has 1 aliphatic heterocycles. The van der Waals surface area contributed by atoms with Crippen molar-refractivity contribution in [1.82, 2.24) is 14.7 Å².